The zero-order valence-electron chi connectivity index (χ0n) is 11.2. The summed E-state index contributed by atoms with van der Waals surface area (Å²) >= 11 is 0. The van der Waals surface area contributed by atoms with E-state index in [1.807, 2.05) is 43.4 Å². The summed E-state index contributed by atoms with van der Waals surface area (Å²) in [6, 6.07) is 22.3. The van der Waals surface area contributed by atoms with Crippen molar-refractivity contribution < 1.29 is 0 Å². The third-order valence-corrected chi connectivity index (χ3v) is 3.48. The van der Waals surface area contributed by atoms with Gasteiger partial charge in [0, 0.05) is 18.4 Å². The monoisotopic (exact) mass is 258 g/mol. The first-order chi connectivity index (χ1) is 9.79. The predicted molar refractivity (Wildman–Crippen MR) is 84.7 cm³/mol. The van der Waals surface area contributed by atoms with E-state index in [1.165, 1.54) is 10.8 Å². The van der Waals surface area contributed by atoms with E-state index >= 15 is 0 Å². The Morgan fingerprint density at radius 1 is 0.850 bits per heavy atom. The van der Waals surface area contributed by atoms with Crippen molar-refractivity contribution in [3.63, 3.8) is 0 Å². The van der Waals surface area contributed by atoms with E-state index in [0.717, 1.165) is 11.4 Å². The molecule has 0 saturated carbocycles. The highest BCUT2D eigenvalue weighted by Crippen LogP contribution is 2.33. The Morgan fingerprint density at radius 2 is 1.55 bits per heavy atom. The maximum absolute atomic E-state index is 7.27. The first-order valence-electron chi connectivity index (χ1n) is 6.48. The second-order valence-corrected chi connectivity index (χ2v) is 4.69. The minimum atomic E-state index is 0.670. The molecular weight excluding hydrogens is 244 g/mol. The van der Waals surface area contributed by atoms with Crippen molar-refractivity contribution in [2.24, 2.45) is 0 Å². The molecule has 0 unspecified atom stereocenters. The fourth-order valence-corrected chi connectivity index (χ4v) is 2.37. The summed E-state index contributed by atoms with van der Waals surface area (Å²) in [5.41, 5.74) is 2.68. The van der Waals surface area contributed by atoms with E-state index in [-0.39, 0.29) is 0 Å². The van der Waals surface area contributed by atoms with Crippen molar-refractivity contribution in [1.29, 1.82) is 0 Å². The van der Waals surface area contributed by atoms with E-state index in [4.69, 9.17) is 6.57 Å². The number of hydrogen-bond donors (Lipinski definition) is 0. The summed E-state index contributed by atoms with van der Waals surface area (Å²) in [4.78, 5) is 5.64. The Labute approximate surface area is 118 Å². The second-order valence-electron chi connectivity index (χ2n) is 4.69. The molecule has 0 bridgehead atoms. The van der Waals surface area contributed by atoms with Crippen LogP contribution in [0.1, 0.15) is 0 Å². The number of nitrogens with zero attached hydrogens (tertiary/aromatic N) is 2. The van der Waals surface area contributed by atoms with Gasteiger partial charge in [0.05, 0.1) is 6.57 Å². The van der Waals surface area contributed by atoms with Crippen LogP contribution >= 0.6 is 0 Å². The number of rotatable bonds is 2. The second kappa shape index (κ2) is 5.07. The van der Waals surface area contributed by atoms with Crippen LogP contribution < -0.4 is 4.90 Å². The fraction of sp³-hybridized carbons (Fsp3) is 0.0556. The SMILES string of the molecule is [C-]#[N+]c1ccccc1N(C)c1ccc2ccccc2c1. The Balaban J connectivity index is 2.08. The molecule has 0 spiro atoms. The number of anilines is 2. The normalized spacial score (nSPS) is 10.2. The third kappa shape index (κ3) is 2.10. The van der Waals surface area contributed by atoms with E-state index in [9.17, 15) is 0 Å². The Bertz CT molecular complexity index is 800. The van der Waals surface area contributed by atoms with Gasteiger partial charge < -0.3 is 4.90 Å². The molecule has 2 heteroatoms. The largest absolute Gasteiger partial charge is 0.354 e. The average molecular weight is 258 g/mol. The molecule has 0 amide bonds. The molecule has 0 aliphatic heterocycles. The van der Waals surface area contributed by atoms with Gasteiger partial charge in [-0.15, -0.1) is 0 Å². The molecule has 0 N–H and O–H groups in total. The van der Waals surface area contributed by atoms with E-state index in [2.05, 4.69) is 40.1 Å². The van der Waals surface area contributed by atoms with Gasteiger partial charge in [0.25, 0.3) is 0 Å². The lowest BCUT2D eigenvalue weighted by Gasteiger charge is -2.21. The van der Waals surface area contributed by atoms with Crippen LogP contribution in [0.4, 0.5) is 17.1 Å². The highest BCUT2D eigenvalue weighted by molar-refractivity contribution is 5.88. The minimum absolute atomic E-state index is 0.670. The summed E-state index contributed by atoms with van der Waals surface area (Å²) in [7, 11) is 1.99. The maximum atomic E-state index is 7.27. The number of fused-ring (bicyclic) bond motifs is 1. The lowest BCUT2D eigenvalue weighted by atomic mass is 10.1. The van der Waals surface area contributed by atoms with Crippen molar-refractivity contribution in [2.75, 3.05) is 11.9 Å². The molecule has 0 aliphatic carbocycles. The lowest BCUT2D eigenvalue weighted by molar-refractivity contribution is 1.22. The molecule has 0 heterocycles. The molecule has 3 aromatic carbocycles. The molecule has 3 rings (SSSR count). The highest BCUT2D eigenvalue weighted by atomic mass is 15.1. The molecule has 0 saturated heterocycles. The summed E-state index contributed by atoms with van der Waals surface area (Å²) in [6.45, 7) is 7.27. The van der Waals surface area contributed by atoms with E-state index in [0.29, 0.717) is 5.69 Å². The molecule has 96 valence electrons. The zero-order valence-corrected chi connectivity index (χ0v) is 11.2. The molecule has 0 atom stereocenters. The van der Waals surface area contributed by atoms with Crippen molar-refractivity contribution in [3.8, 4) is 0 Å². The predicted octanol–water partition coefficient (Wildman–Crippen LogP) is 5.16. The molecule has 3 aromatic rings. The average Bonchev–Trinajstić information content (AvgIpc) is 2.53. The molecule has 0 aliphatic rings. The van der Waals surface area contributed by atoms with Crippen LogP contribution in [-0.2, 0) is 0 Å². The molecule has 2 nitrogen and oxygen atoms in total. The molecule has 0 fully saturated rings. The first kappa shape index (κ1) is 12.3. The summed E-state index contributed by atoms with van der Waals surface area (Å²) in [6.07, 6.45) is 0. The Kier molecular flexibility index (Phi) is 3.10. The summed E-state index contributed by atoms with van der Waals surface area (Å²) < 4.78 is 0. The van der Waals surface area contributed by atoms with Gasteiger partial charge in [-0.1, -0.05) is 48.5 Å². The van der Waals surface area contributed by atoms with E-state index in [1.54, 1.807) is 0 Å². The van der Waals surface area contributed by atoms with Crippen molar-refractivity contribution >= 4 is 27.8 Å². The summed E-state index contributed by atoms with van der Waals surface area (Å²) in [5, 5.41) is 2.43. The van der Waals surface area contributed by atoms with Gasteiger partial charge in [0.2, 0.25) is 5.69 Å². The van der Waals surface area contributed by atoms with Crippen LogP contribution in [0.3, 0.4) is 0 Å². The van der Waals surface area contributed by atoms with Gasteiger partial charge in [0.1, 0.15) is 0 Å². The van der Waals surface area contributed by atoms with Crippen LogP contribution in [0.2, 0.25) is 0 Å². The van der Waals surface area contributed by atoms with Crippen molar-refractivity contribution in [3.05, 3.63) is 78.1 Å². The van der Waals surface area contributed by atoms with Gasteiger partial charge in [-0.25, -0.2) is 4.85 Å². The smallest absolute Gasteiger partial charge is 0.210 e. The van der Waals surface area contributed by atoms with Gasteiger partial charge in [-0.2, -0.15) is 0 Å². The molecular formula is C18H14N2. The Morgan fingerprint density at radius 3 is 2.35 bits per heavy atom. The summed E-state index contributed by atoms with van der Waals surface area (Å²) in [5.74, 6) is 0. The van der Waals surface area contributed by atoms with Crippen LogP contribution in [0, 0.1) is 6.57 Å². The topological polar surface area (TPSA) is 7.60 Å². The highest BCUT2D eigenvalue weighted by Gasteiger charge is 2.08. The van der Waals surface area contributed by atoms with Crippen LogP contribution in [0.15, 0.2) is 66.7 Å². The quantitative estimate of drug-likeness (QED) is 0.576. The van der Waals surface area contributed by atoms with Crippen LogP contribution in [0.25, 0.3) is 15.6 Å². The number of hydrogen-bond acceptors (Lipinski definition) is 1. The standard InChI is InChI=1S/C18H14N2/c1-19-17-9-5-6-10-18(17)20(2)16-12-11-14-7-3-4-8-15(14)13-16/h3-13H,2H3. The fourth-order valence-electron chi connectivity index (χ4n) is 2.37. The van der Waals surface area contributed by atoms with Gasteiger partial charge in [0.15, 0.2) is 0 Å². The minimum Gasteiger partial charge on any atom is -0.354 e. The van der Waals surface area contributed by atoms with Crippen molar-refractivity contribution in [2.45, 2.75) is 0 Å². The number of benzene rings is 3. The number of para-hydroxylation sites is 2. The maximum Gasteiger partial charge on any atom is 0.210 e. The third-order valence-electron chi connectivity index (χ3n) is 3.48. The first-order valence-corrected chi connectivity index (χ1v) is 6.48. The lowest BCUT2D eigenvalue weighted by Crippen LogP contribution is -2.09. The van der Waals surface area contributed by atoms with Gasteiger partial charge in [-0.05, 0) is 29.0 Å². The Hall–Kier alpha value is -2.79. The molecule has 0 aromatic heterocycles. The van der Waals surface area contributed by atoms with Gasteiger partial charge in [-0.3, -0.25) is 0 Å². The molecule has 0 radical (unpaired) electrons. The van der Waals surface area contributed by atoms with Crippen LogP contribution in [-0.4, -0.2) is 7.05 Å². The van der Waals surface area contributed by atoms with Crippen LogP contribution in [0.5, 0.6) is 0 Å². The zero-order chi connectivity index (χ0) is 13.9. The van der Waals surface area contributed by atoms with E-state index < -0.39 is 0 Å². The van der Waals surface area contributed by atoms with Crippen molar-refractivity contribution in [1.82, 2.24) is 0 Å². The van der Waals surface area contributed by atoms with Gasteiger partial charge >= 0.3 is 0 Å². The molecule has 20 heavy (non-hydrogen) atoms.